The molecular weight excluding hydrogens is 284 g/mol. The molecule has 5 nitrogen and oxygen atoms in total. The van der Waals surface area contributed by atoms with Crippen LogP contribution in [0.25, 0.3) is 0 Å². The Kier molecular flexibility index (Phi) is 4.33. The van der Waals surface area contributed by atoms with Crippen LogP contribution in [0.3, 0.4) is 0 Å². The Bertz CT molecular complexity index is 607. The summed E-state index contributed by atoms with van der Waals surface area (Å²) in [5.74, 6) is 3.44. The Morgan fingerprint density at radius 2 is 2.19 bits per heavy atom. The molecule has 21 heavy (non-hydrogen) atoms. The van der Waals surface area contributed by atoms with Gasteiger partial charge in [0, 0.05) is 17.9 Å². The topological polar surface area (TPSA) is 56.7 Å². The minimum atomic E-state index is 0.547. The normalized spacial score (nSPS) is 22.6. The predicted octanol–water partition coefficient (Wildman–Crippen LogP) is 3.93. The van der Waals surface area contributed by atoms with Crippen molar-refractivity contribution in [1.82, 2.24) is 19.9 Å². The first kappa shape index (κ1) is 14.6. The largest absolute Gasteiger partial charge is 0.361 e. The van der Waals surface area contributed by atoms with E-state index in [4.69, 9.17) is 4.52 Å². The molecule has 0 aliphatic heterocycles. The van der Waals surface area contributed by atoms with Crippen LogP contribution in [0.2, 0.25) is 0 Å². The lowest BCUT2D eigenvalue weighted by atomic mass is 9.87. The molecule has 0 saturated heterocycles. The van der Waals surface area contributed by atoms with Crippen molar-refractivity contribution < 1.29 is 4.52 Å². The van der Waals surface area contributed by atoms with Crippen molar-refractivity contribution in [2.24, 2.45) is 5.92 Å². The molecule has 3 rings (SSSR count). The fraction of sp³-hybridized carbons (Fsp3) is 0.667. The molecule has 1 aliphatic carbocycles. The van der Waals surface area contributed by atoms with E-state index in [-0.39, 0.29) is 0 Å². The molecule has 2 aromatic heterocycles. The van der Waals surface area contributed by atoms with E-state index >= 15 is 0 Å². The lowest BCUT2D eigenvalue weighted by Crippen LogP contribution is -2.19. The summed E-state index contributed by atoms with van der Waals surface area (Å²) in [5.41, 5.74) is 0.960. The van der Waals surface area contributed by atoms with Crippen LogP contribution in [0, 0.1) is 19.8 Å². The first-order valence-electron chi connectivity index (χ1n) is 7.60. The van der Waals surface area contributed by atoms with Crippen molar-refractivity contribution in [3.05, 3.63) is 23.3 Å². The molecule has 114 valence electrons. The van der Waals surface area contributed by atoms with Crippen molar-refractivity contribution in [2.45, 2.75) is 63.4 Å². The third-order valence-corrected chi connectivity index (χ3v) is 5.11. The molecule has 2 aromatic rings. The minimum absolute atomic E-state index is 0.547. The number of thioether (sulfide) groups is 1. The summed E-state index contributed by atoms with van der Waals surface area (Å²) in [4.78, 5) is 0. The molecule has 0 amide bonds. The van der Waals surface area contributed by atoms with Gasteiger partial charge in [-0.15, -0.1) is 10.2 Å². The fourth-order valence-electron chi connectivity index (χ4n) is 3.13. The van der Waals surface area contributed by atoms with E-state index in [0.29, 0.717) is 6.04 Å². The fourth-order valence-corrected chi connectivity index (χ4v) is 4.06. The van der Waals surface area contributed by atoms with E-state index in [2.05, 4.69) is 33.8 Å². The third-order valence-electron chi connectivity index (χ3n) is 4.13. The molecular formula is C15H22N4OS. The zero-order chi connectivity index (χ0) is 14.8. The van der Waals surface area contributed by atoms with Crippen molar-refractivity contribution >= 4 is 11.8 Å². The van der Waals surface area contributed by atoms with Gasteiger partial charge in [0.25, 0.3) is 0 Å². The summed E-state index contributed by atoms with van der Waals surface area (Å²) >= 11 is 1.70. The van der Waals surface area contributed by atoms with Crippen molar-refractivity contribution in [2.75, 3.05) is 0 Å². The van der Waals surface area contributed by atoms with Gasteiger partial charge in [-0.2, -0.15) is 0 Å². The van der Waals surface area contributed by atoms with Gasteiger partial charge in [0.15, 0.2) is 5.16 Å². The van der Waals surface area contributed by atoms with Crippen LogP contribution < -0.4 is 0 Å². The van der Waals surface area contributed by atoms with E-state index in [9.17, 15) is 0 Å². The molecule has 2 atom stereocenters. The van der Waals surface area contributed by atoms with Crippen molar-refractivity contribution in [3.63, 3.8) is 0 Å². The average Bonchev–Trinajstić information content (AvgIpc) is 3.02. The zero-order valence-corrected chi connectivity index (χ0v) is 13.7. The Balaban J connectivity index is 1.73. The third kappa shape index (κ3) is 3.31. The molecule has 2 heterocycles. The number of nitrogens with zero attached hydrogens (tertiary/aromatic N) is 4. The number of hydrogen-bond acceptors (Lipinski definition) is 5. The molecule has 2 unspecified atom stereocenters. The quantitative estimate of drug-likeness (QED) is 0.801. The smallest absolute Gasteiger partial charge is 0.191 e. The van der Waals surface area contributed by atoms with Crippen molar-refractivity contribution in [1.29, 1.82) is 0 Å². The van der Waals surface area contributed by atoms with Crippen LogP contribution in [-0.4, -0.2) is 19.9 Å². The maximum absolute atomic E-state index is 5.11. The summed E-state index contributed by atoms with van der Waals surface area (Å²) in [6, 6.07) is 2.52. The van der Waals surface area contributed by atoms with Gasteiger partial charge in [-0.05, 0) is 32.6 Å². The van der Waals surface area contributed by atoms with Crippen LogP contribution in [0.5, 0.6) is 0 Å². The molecule has 6 heteroatoms. The van der Waals surface area contributed by atoms with Gasteiger partial charge in [-0.1, -0.05) is 36.7 Å². The second kappa shape index (κ2) is 6.22. The lowest BCUT2D eigenvalue weighted by Gasteiger charge is -2.29. The number of aromatic nitrogens is 4. The molecule has 0 bridgehead atoms. The maximum Gasteiger partial charge on any atom is 0.191 e. The molecule has 1 saturated carbocycles. The monoisotopic (exact) mass is 306 g/mol. The summed E-state index contributed by atoms with van der Waals surface area (Å²) < 4.78 is 7.44. The highest BCUT2D eigenvalue weighted by molar-refractivity contribution is 7.98. The van der Waals surface area contributed by atoms with Crippen LogP contribution in [-0.2, 0) is 5.75 Å². The first-order valence-corrected chi connectivity index (χ1v) is 8.58. The highest BCUT2D eigenvalue weighted by Gasteiger charge is 2.24. The van der Waals surface area contributed by atoms with Crippen LogP contribution >= 0.6 is 11.8 Å². The molecule has 0 aromatic carbocycles. The number of rotatable bonds is 4. The second-order valence-corrected chi connectivity index (χ2v) is 6.99. The molecule has 1 aliphatic rings. The Morgan fingerprint density at radius 1 is 1.33 bits per heavy atom. The van der Waals surface area contributed by atoms with E-state index in [0.717, 1.165) is 34.1 Å². The van der Waals surface area contributed by atoms with Gasteiger partial charge in [-0.3, -0.25) is 0 Å². The predicted molar refractivity (Wildman–Crippen MR) is 82.2 cm³/mol. The van der Waals surface area contributed by atoms with Gasteiger partial charge >= 0.3 is 0 Å². The molecule has 0 spiro atoms. The molecule has 0 N–H and O–H groups in total. The number of hydrogen-bond donors (Lipinski definition) is 0. The second-order valence-electron chi connectivity index (χ2n) is 6.04. The van der Waals surface area contributed by atoms with Gasteiger partial charge in [0.1, 0.15) is 11.6 Å². The Morgan fingerprint density at radius 3 is 2.90 bits per heavy atom. The Labute approximate surface area is 129 Å². The summed E-state index contributed by atoms with van der Waals surface area (Å²) in [6.07, 6.45) is 5.11. The zero-order valence-electron chi connectivity index (χ0n) is 12.9. The summed E-state index contributed by atoms with van der Waals surface area (Å²) in [5, 5.41) is 13.7. The SMILES string of the molecule is Cc1cc(CSc2nnc(C)n2C2CCCC(C)C2)no1. The average molecular weight is 306 g/mol. The van der Waals surface area contributed by atoms with E-state index in [1.807, 2.05) is 13.0 Å². The van der Waals surface area contributed by atoms with Crippen LogP contribution in [0.1, 0.15) is 55.9 Å². The molecule has 1 fully saturated rings. The Hall–Kier alpha value is -1.30. The van der Waals surface area contributed by atoms with Gasteiger partial charge in [0.2, 0.25) is 0 Å². The highest BCUT2D eigenvalue weighted by atomic mass is 32.2. The van der Waals surface area contributed by atoms with E-state index in [1.54, 1.807) is 11.8 Å². The maximum atomic E-state index is 5.11. The summed E-state index contributed by atoms with van der Waals surface area (Å²) in [6.45, 7) is 6.31. The van der Waals surface area contributed by atoms with Gasteiger partial charge in [0.05, 0.1) is 5.69 Å². The van der Waals surface area contributed by atoms with E-state index < -0.39 is 0 Å². The lowest BCUT2D eigenvalue weighted by molar-refractivity contribution is 0.268. The molecule has 0 radical (unpaired) electrons. The summed E-state index contributed by atoms with van der Waals surface area (Å²) in [7, 11) is 0. The number of aryl methyl sites for hydroxylation is 2. The highest BCUT2D eigenvalue weighted by Crippen LogP contribution is 2.35. The first-order chi connectivity index (χ1) is 10.1. The standard InChI is InChI=1S/C15H22N4OS/c1-10-5-4-6-14(7-10)19-12(3)16-17-15(19)21-9-13-8-11(2)20-18-13/h8,10,14H,4-7,9H2,1-3H3. The van der Waals surface area contributed by atoms with Crippen LogP contribution in [0.4, 0.5) is 0 Å². The van der Waals surface area contributed by atoms with Crippen molar-refractivity contribution in [3.8, 4) is 0 Å². The van der Waals surface area contributed by atoms with Crippen LogP contribution in [0.15, 0.2) is 15.7 Å². The van der Waals surface area contributed by atoms with Gasteiger partial charge < -0.3 is 9.09 Å². The van der Waals surface area contributed by atoms with E-state index in [1.165, 1.54) is 25.7 Å². The minimum Gasteiger partial charge on any atom is -0.361 e. The van der Waals surface area contributed by atoms with Gasteiger partial charge in [-0.25, -0.2) is 0 Å².